The van der Waals surface area contributed by atoms with Gasteiger partial charge in [-0.2, -0.15) is 4.31 Å². The van der Waals surface area contributed by atoms with Gasteiger partial charge < -0.3 is 4.90 Å². The van der Waals surface area contributed by atoms with Gasteiger partial charge in [-0.25, -0.2) is 8.42 Å². The van der Waals surface area contributed by atoms with Crippen LogP contribution in [-0.4, -0.2) is 49.7 Å². The Morgan fingerprint density at radius 2 is 1.74 bits per heavy atom. The van der Waals surface area contributed by atoms with Crippen LogP contribution in [0.3, 0.4) is 0 Å². The SMILES string of the molecule is CC(C)=CC(=O)N1CCN(S(=O)(=O)c2cc(Cl)ccc2Cl)CC1. The minimum absolute atomic E-state index is 0.00394. The minimum atomic E-state index is -3.72. The molecule has 0 bridgehead atoms. The number of hydrogen-bond donors (Lipinski definition) is 0. The van der Waals surface area contributed by atoms with Crippen LogP contribution >= 0.6 is 23.2 Å². The summed E-state index contributed by atoms with van der Waals surface area (Å²) in [4.78, 5) is 13.6. The van der Waals surface area contributed by atoms with Crippen molar-refractivity contribution in [1.29, 1.82) is 0 Å². The third-order valence-electron chi connectivity index (χ3n) is 3.47. The summed E-state index contributed by atoms with van der Waals surface area (Å²) in [7, 11) is -3.72. The molecule has 0 aliphatic carbocycles. The van der Waals surface area contributed by atoms with Crippen molar-refractivity contribution in [2.75, 3.05) is 26.2 Å². The number of carbonyl (C=O) groups excluding carboxylic acids is 1. The van der Waals surface area contributed by atoms with Crippen molar-refractivity contribution in [3.05, 3.63) is 39.9 Å². The van der Waals surface area contributed by atoms with E-state index in [4.69, 9.17) is 23.2 Å². The van der Waals surface area contributed by atoms with Gasteiger partial charge in [0.05, 0.1) is 5.02 Å². The molecule has 0 saturated carbocycles. The van der Waals surface area contributed by atoms with Gasteiger partial charge in [-0.15, -0.1) is 0 Å². The highest BCUT2D eigenvalue weighted by Gasteiger charge is 2.31. The second-order valence-corrected chi connectivity index (χ2v) is 8.28. The Kier molecular flexibility index (Phi) is 5.73. The zero-order valence-corrected chi connectivity index (χ0v) is 15.2. The van der Waals surface area contributed by atoms with Crippen LogP contribution in [0.15, 0.2) is 34.7 Å². The zero-order valence-electron chi connectivity index (χ0n) is 12.9. The summed E-state index contributed by atoms with van der Waals surface area (Å²) in [6.07, 6.45) is 1.55. The topological polar surface area (TPSA) is 57.7 Å². The Hall–Kier alpha value is -1.08. The largest absolute Gasteiger partial charge is 0.337 e. The number of piperazine rings is 1. The predicted octanol–water partition coefficient (Wildman–Crippen LogP) is 2.79. The van der Waals surface area contributed by atoms with E-state index < -0.39 is 10.0 Å². The molecule has 0 spiro atoms. The molecule has 2 rings (SSSR count). The maximum absolute atomic E-state index is 12.7. The lowest BCUT2D eigenvalue weighted by molar-refractivity contribution is -0.127. The first-order valence-corrected chi connectivity index (χ1v) is 9.30. The van der Waals surface area contributed by atoms with Crippen LogP contribution in [0, 0.1) is 0 Å². The van der Waals surface area contributed by atoms with Crippen molar-refractivity contribution >= 4 is 39.1 Å². The summed E-state index contributed by atoms with van der Waals surface area (Å²) >= 11 is 11.9. The van der Waals surface area contributed by atoms with E-state index in [0.717, 1.165) is 5.57 Å². The lowest BCUT2D eigenvalue weighted by Gasteiger charge is -2.33. The highest BCUT2D eigenvalue weighted by molar-refractivity contribution is 7.89. The number of halogens is 2. The van der Waals surface area contributed by atoms with E-state index in [0.29, 0.717) is 18.1 Å². The summed E-state index contributed by atoms with van der Waals surface area (Å²) in [5, 5.41) is 0.447. The monoisotopic (exact) mass is 376 g/mol. The highest BCUT2D eigenvalue weighted by atomic mass is 35.5. The normalized spacial score (nSPS) is 16.3. The molecule has 0 N–H and O–H groups in total. The summed E-state index contributed by atoms with van der Waals surface area (Å²) < 4.78 is 26.7. The van der Waals surface area contributed by atoms with Gasteiger partial charge in [-0.05, 0) is 32.0 Å². The van der Waals surface area contributed by atoms with Crippen LogP contribution < -0.4 is 0 Å². The lowest BCUT2D eigenvalue weighted by atomic mass is 10.3. The van der Waals surface area contributed by atoms with Crippen molar-refractivity contribution < 1.29 is 13.2 Å². The number of sulfonamides is 1. The summed E-state index contributed by atoms with van der Waals surface area (Å²) in [5.41, 5.74) is 0.913. The molecule has 0 unspecified atom stereocenters. The standard InChI is InChI=1S/C15H18Cl2N2O3S/c1-11(2)9-15(20)18-5-7-19(8-6-18)23(21,22)14-10-12(16)3-4-13(14)17/h3-4,9-10H,5-8H2,1-2H3. The maximum atomic E-state index is 12.7. The molecule has 1 aromatic carbocycles. The summed E-state index contributed by atoms with van der Waals surface area (Å²) in [5.74, 6) is -0.0946. The number of hydrogen-bond acceptors (Lipinski definition) is 3. The van der Waals surface area contributed by atoms with E-state index in [1.807, 2.05) is 13.8 Å². The smallest absolute Gasteiger partial charge is 0.246 e. The first-order valence-electron chi connectivity index (χ1n) is 7.11. The molecule has 1 aliphatic rings. The third kappa shape index (κ3) is 4.26. The average Bonchev–Trinajstić information content (AvgIpc) is 2.49. The first-order chi connectivity index (χ1) is 10.7. The van der Waals surface area contributed by atoms with Crippen molar-refractivity contribution in [2.24, 2.45) is 0 Å². The van der Waals surface area contributed by atoms with Crippen molar-refractivity contribution in [2.45, 2.75) is 18.7 Å². The van der Waals surface area contributed by atoms with Crippen LogP contribution in [0.5, 0.6) is 0 Å². The predicted molar refractivity (Wildman–Crippen MR) is 91.2 cm³/mol. The molecule has 1 aliphatic heterocycles. The molecule has 5 nitrogen and oxygen atoms in total. The second-order valence-electron chi connectivity index (χ2n) is 5.53. The molecule has 8 heteroatoms. The Bertz CT molecular complexity index is 735. The van der Waals surface area contributed by atoms with Crippen LogP contribution in [0.4, 0.5) is 0 Å². The van der Waals surface area contributed by atoms with Gasteiger partial charge in [0.15, 0.2) is 0 Å². The van der Waals surface area contributed by atoms with E-state index in [-0.39, 0.29) is 28.9 Å². The molecule has 23 heavy (non-hydrogen) atoms. The Morgan fingerprint density at radius 3 is 2.30 bits per heavy atom. The van der Waals surface area contributed by atoms with Crippen LogP contribution in [0.1, 0.15) is 13.8 Å². The van der Waals surface area contributed by atoms with Crippen LogP contribution in [-0.2, 0) is 14.8 Å². The molecule has 0 aromatic heterocycles. The van der Waals surface area contributed by atoms with Crippen molar-refractivity contribution in [3.8, 4) is 0 Å². The van der Waals surface area contributed by atoms with Crippen molar-refractivity contribution in [3.63, 3.8) is 0 Å². The summed E-state index contributed by atoms with van der Waals surface area (Å²) in [6, 6.07) is 4.35. The molecule has 1 heterocycles. The van der Waals surface area contributed by atoms with Gasteiger partial charge in [-0.3, -0.25) is 4.79 Å². The third-order valence-corrected chi connectivity index (χ3v) is 6.09. The number of benzene rings is 1. The number of rotatable bonds is 3. The van der Waals surface area contributed by atoms with Gasteiger partial charge in [-0.1, -0.05) is 28.8 Å². The minimum Gasteiger partial charge on any atom is -0.337 e. The number of amides is 1. The number of allylic oxidation sites excluding steroid dienone is 1. The zero-order chi connectivity index (χ0) is 17.2. The average molecular weight is 377 g/mol. The van der Waals surface area contributed by atoms with E-state index >= 15 is 0 Å². The van der Waals surface area contributed by atoms with Gasteiger partial charge in [0.25, 0.3) is 0 Å². The molecule has 1 aromatic rings. The summed E-state index contributed by atoms with van der Waals surface area (Å²) in [6.45, 7) is 4.85. The van der Waals surface area contributed by atoms with E-state index in [2.05, 4.69) is 0 Å². The van der Waals surface area contributed by atoms with E-state index in [1.54, 1.807) is 17.0 Å². The lowest BCUT2D eigenvalue weighted by Crippen LogP contribution is -2.50. The Balaban J connectivity index is 2.14. The van der Waals surface area contributed by atoms with Crippen LogP contribution in [0.2, 0.25) is 10.0 Å². The molecular formula is C15H18Cl2N2O3S. The highest BCUT2D eigenvalue weighted by Crippen LogP contribution is 2.28. The fourth-order valence-corrected chi connectivity index (χ4v) is 4.46. The van der Waals surface area contributed by atoms with Crippen molar-refractivity contribution in [1.82, 2.24) is 9.21 Å². The molecular weight excluding hydrogens is 359 g/mol. The molecule has 1 amide bonds. The number of nitrogens with zero attached hydrogens (tertiary/aromatic N) is 2. The number of carbonyl (C=O) groups is 1. The Morgan fingerprint density at radius 1 is 1.13 bits per heavy atom. The molecule has 126 valence electrons. The fourth-order valence-electron chi connectivity index (χ4n) is 2.30. The molecule has 1 fully saturated rings. The first kappa shape index (κ1) is 18.3. The van der Waals surface area contributed by atoms with Gasteiger partial charge >= 0.3 is 0 Å². The Labute approximate surface area is 146 Å². The fraction of sp³-hybridized carbons (Fsp3) is 0.400. The van der Waals surface area contributed by atoms with E-state index in [1.165, 1.54) is 16.4 Å². The van der Waals surface area contributed by atoms with Gasteiger partial charge in [0.2, 0.25) is 15.9 Å². The van der Waals surface area contributed by atoms with Gasteiger partial charge in [0, 0.05) is 37.3 Å². The maximum Gasteiger partial charge on any atom is 0.246 e. The molecule has 0 radical (unpaired) electrons. The van der Waals surface area contributed by atoms with Gasteiger partial charge in [0.1, 0.15) is 4.90 Å². The quantitative estimate of drug-likeness (QED) is 0.762. The molecule has 1 saturated heterocycles. The van der Waals surface area contributed by atoms with Crippen LogP contribution in [0.25, 0.3) is 0 Å². The van der Waals surface area contributed by atoms with E-state index in [9.17, 15) is 13.2 Å². The second kappa shape index (κ2) is 7.21. The molecule has 0 atom stereocenters.